The lowest BCUT2D eigenvalue weighted by atomic mass is 9.67. The summed E-state index contributed by atoms with van der Waals surface area (Å²) < 4.78 is 6.52. The topological polar surface area (TPSA) is 38.9 Å². The monoisotopic (exact) mass is 840 g/mol. The standard InChI is InChI=1S/C63H40N2O/c1-4-17-43(18-5-1)62-64-58(40-59(65-62)55-28-16-27-54-53-26-13-15-30-60(53)66-61(54)55)52-38-37-47(48-23-10-11-24-49(48)52)42-33-31-41(32-34-42)44-35-36-51-50-25-12-14-29-56(50)63(57(51)39-44,45-19-6-2-7-20-45)46-21-8-3-9-22-46/h1-40H. The number of benzene rings is 10. The SMILES string of the molecule is c1ccc(-c2nc(-c3ccc(-c4ccc(-c5ccc6c(c5)C(c5ccccc5)(c5ccccc5)c5ccccc5-6)cc4)c4ccccc34)cc(-c3cccc4c3oc3ccccc34)n2)cc1. The fraction of sp³-hybridized carbons (Fsp3) is 0.0159. The fourth-order valence-corrected chi connectivity index (χ4v) is 10.6. The summed E-state index contributed by atoms with van der Waals surface area (Å²) in [5.74, 6) is 0.667. The van der Waals surface area contributed by atoms with E-state index in [2.05, 4.69) is 212 Å². The van der Waals surface area contributed by atoms with Gasteiger partial charge in [-0.2, -0.15) is 0 Å². The Morgan fingerprint density at radius 3 is 1.56 bits per heavy atom. The van der Waals surface area contributed by atoms with E-state index in [1.165, 1.54) is 50.1 Å². The van der Waals surface area contributed by atoms with E-state index in [9.17, 15) is 0 Å². The molecule has 3 heteroatoms. The lowest BCUT2D eigenvalue weighted by Gasteiger charge is -2.34. The number of fused-ring (bicyclic) bond motifs is 7. The Bertz CT molecular complexity index is 3760. The third-order valence-electron chi connectivity index (χ3n) is 13.6. The fourth-order valence-electron chi connectivity index (χ4n) is 10.6. The van der Waals surface area contributed by atoms with Crippen molar-refractivity contribution in [2.24, 2.45) is 0 Å². The van der Waals surface area contributed by atoms with Crippen molar-refractivity contribution in [2.45, 2.75) is 5.41 Å². The lowest BCUT2D eigenvalue weighted by molar-refractivity contribution is 0.670. The lowest BCUT2D eigenvalue weighted by Crippen LogP contribution is -2.28. The molecule has 1 aliphatic carbocycles. The summed E-state index contributed by atoms with van der Waals surface area (Å²) in [7, 11) is 0. The minimum atomic E-state index is -0.446. The molecule has 2 aromatic heterocycles. The van der Waals surface area contributed by atoms with Gasteiger partial charge < -0.3 is 4.42 Å². The van der Waals surface area contributed by atoms with E-state index < -0.39 is 5.41 Å². The van der Waals surface area contributed by atoms with Gasteiger partial charge in [-0.15, -0.1) is 0 Å². The molecule has 0 aliphatic heterocycles. The average Bonchev–Trinajstić information content (AvgIpc) is 3.93. The highest BCUT2D eigenvalue weighted by molar-refractivity contribution is 6.10. The average molecular weight is 841 g/mol. The molecule has 0 saturated heterocycles. The van der Waals surface area contributed by atoms with E-state index in [4.69, 9.17) is 14.4 Å². The molecule has 0 fully saturated rings. The molecule has 10 aromatic carbocycles. The van der Waals surface area contributed by atoms with Gasteiger partial charge in [-0.05, 0) is 90.7 Å². The number of hydrogen-bond acceptors (Lipinski definition) is 3. The van der Waals surface area contributed by atoms with Crippen LogP contribution in [0.2, 0.25) is 0 Å². The van der Waals surface area contributed by atoms with Crippen LogP contribution in [0.3, 0.4) is 0 Å². The summed E-state index contributed by atoms with van der Waals surface area (Å²) in [6.07, 6.45) is 0. The van der Waals surface area contributed by atoms with Crippen molar-refractivity contribution < 1.29 is 4.42 Å². The molecule has 66 heavy (non-hydrogen) atoms. The van der Waals surface area contributed by atoms with E-state index in [-0.39, 0.29) is 0 Å². The molecule has 13 rings (SSSR count). The number of aromatic nitrogens is 2. The van der Waals surface area contributed by atoms with Crippen LogP contribution in [-0.4, -0.2) is 9.97 Å². The van der Waals surface area contributed by atoms with Crippen molar-refractivity contribution in [2.75, 3.05) is 0 Å². The number of hydrogen-bond donors (Lipinski definition) is 0. The number of nitrogens with zero attached hydrogens (tertiary/aromatic N) is 2. The van der Waals surface area contributed by atoms with Gasteiger partial charge in [0.1, 0.15) is 11.2 Å². The Morgan fingerprint density at radius 2 is 0.818 bits per heavy atom. The maximum atomic E-state index is 6.52. The third kappa shape index (κ3) is 5.91. The highest BCUT2D eigenvalue weighted by Crippen LogP contribution is 2.56. The van der Waals surface area contributed by atoms with Gasteiger partial charge in [0, 0.05) is 27.5 Å². The summed E-state index contributed by atoms with van der Waals surface area (Å²) in [6.45, 7) is 0. The quantitative estimate of drug-likeness (QED) is 0.160. The molecule has 1 aliphatic rings. The highest BCUT2D eigenvalue weighted by Gasteiger charge is 2.46. The van der Waals surface area contributed by atoms with Crippen molar-refractivity contribution in [1.29, 1.82) is 0 Å². The van der Waals surface area contributed by atoms with Crippen LogP contribution in [0.4, 0.5) is 0 Å². The van der Waals surface area contributed by atoms with E-state index >= 15 is 0 Å². The Morgan fingerprint density at radius 1 is 0.303 bits per heavy atom. The summed E-state index contributed by atoms with van der Waals surface area (Å²) in [6, 6.07) is 87.1. The number of para-hydroxylation sites is 2. The maximum absolute atomic E-state index is 6.52. The minimum absolute atomic E-state index is 0.446. The van der Waals surface area contributed by atoms with Crippen LogP contribution in [0.1, 0.15) is 22.3 Å². The maximum Gasteiger partial charge on any atom is 0.160 e. The van der Waals surface area contributed by atoms with Crippen LogP contribution < -0.4 is 0 Å². The van der Waals surface area contributed by atoms with Crippen LogP contribution in [0.15, 0.2) is 247 Å². The first-order chi connectivity index (χ1) is 32.7. The summed E-state index contributed by atoms with van der Waals surface area (Å²) in [4.78, 5) is 10.5. The van der Waals surface area contributed by atoms with E-state index in [0.717, 1.165) is 66.4 Å². The van der Waals surface area contributed by atoms with Crippen LogP contribution in [0, 0.1) is 0 Å². The molecule has 0 atom stereocenters. The van der Waals surface area contributed by atoms with E-state index in [1.807, 2.05) is 30.3 Å². The first kappa shape index (κ1) is 37.9. The second-order valence-electron chi connectivity index (χ2n) is 17.2. The molecule has 0 radical (unpaired) electrons. The molecule has 3 nitrogen and oxygen atoms in total. The Balaban J connectivity index is 0.916. The van der Waals surface area contributed by atoms with Crippen LogP contribution in [0.5, 0.6) is 0 Å². The smallest absolute Gasteiger partial charge is 0.160 e. The van der Waals surface area contributed by atoms with Gasteiger partial charge in [-0.25, -0.2) is 9.97 Å². The van der Waals surface area contributed by atoms with E-state index in [1.54, 1.807) is 0 Å². The van der Waals surface area contributed by atoms with Gasteiger partial charge in [0.25, 0.3) is 0 Å². The molecule has 0 amide bonds. The molecule has 0 spiro atoms. The number of furan rings is 1. The van der Waals surface area contributed by atoms with Gasteiger partial charge >= 0.3 is 0 Å². The molecular weight excluding hydrogens is 801 g/mol. The predicted molar refractivity (Wildman–Crippen MR) is 271 cm³/mol. The molecule has 0 N–H and O–H groups in total. The highest BCUT2D eigenvalue weighted by atomic mass is 16.3. The molecule has 2 heterocycles. The van der Waals surface area contributed by atoms with Crippen molar-refractivity contribution in [3.63, 3.8) is 0 Å². The van der Waals surface area contributed by atoms with Gasteiger partial charge in [-0.1, -0.05) is 218 Å². The third-order valence-corrected chi connectivity index (χ3v) is 13.6. The van der Waals surface area contributed by atoms with Gasteiger partial charge in [0.15, 0.2) is 5.82 Å². The zero-order valence-electron chi connectivity index (χ0n) is 35.9. The first-order valence-electron chi connectivity index (χ1n) is 22.6. The van der Waals surface area contributed by atoms with Crippen LogP contribution in [-0.2, 0) is 5.41 Å². The van der Waals surface area contributed by atoms with Gasteiger partial charge in [0.2, 0.25) is 0 Å². The molecule has 0 saturated carbocycles. The van der Waals surface area contributed by atoms with Crippen molar-refractivity contribution in [3.05, 3.63) is 265 Å². The predicted octanol–water partition coefficient (Wildman–Crippen LogP) is 16.2. The zero-order valence-corrected chi connectivity index (χ0v) is 35.9. The second-order valence-corrected chi connectivity index (χ2v) is 17.2. The summed E-state index contributed by atoms with van der Waals surface area (Å²) in [5.41, 5.74) is 18.3. The van der Waals surface area contributed by atoms with Crippen LogP contribution >= 0.6 is 0 Å². The largest absolute Gasteiger partial charge is 0.455 e. The van der Waals surface area contributed by atoms with Crippen LogP contribution in [0.25, 0.3) is 100.0 Å². The Labute approximate surface area is 383 Å². The zero-order chi connectivity index (χ0) is 43.6. The summed E-state index contributed by atoms with van der Waals surface area (Å²) >= 11 is 0. The van der Waals surface area contributed by atoms with Crippen molar-refractivity contribution >= 4 is 32.7 Å². The molecule has 12 aromatic rings. The minimum Gasteiger partial charge on any atom is -0.455 e. The Hall–Kier alpha value is -8.66. The molecular formula is C63H40N2O. The number of rotatable bonds is 7. The van der Waals surface area contributed by atoms with Crippen molar-refractivity contribution in [1.82, 2.24) is 9.97 Å². The van der Waals surface area contributed by atoms with Gasteiger partial charge in [0.05, 0.1) is 16.8 Å². The van der Waals surface area contributed by atoms with Gasteiger partial charge in [-0.3, -0.25) is 0 Å². The molecule has 0 bridgehead atoms. The normalized spacial score (nSPS) is 12.7. The Kier molecular flexibility index (Phi) is 8.75. The van der Waals surface area contributed by atoms with Crippen molar-refractivity contribution in [3.8, 4) is 67.3 Å². The van der Waals surface area contributed by atoms with E-state index in [0.29, 0.717) is 5.82 Å². The first-order valence-corrected chi connectivity index (χ1v) is 22.6. The molecule has 308 valence electrons. The second kappa shape index (κ2) is 15.3. The molecule has 0 unspecified atom stereocenters. The summed E-state index contributed by atoms with van der Waals surface area (Å²) in [5, 5.41) is 4.45.